The zero-order chi connectivity index (χ0) is 23.6. The van der Waals surface area contributed by atoms with Crippen molar-refractivity contribution in [2.24, 2.45) is 0 Å². The molecule has 2 aromatic rings. The molecule has 0 radical (unpaired) electrons. The standard InChI is InChI=1S/C24H30N4O4S/c1-17-3-4-18(2)22(15-17)27-11-13-28(14-12-27)24(30)9-10-25-33(31,32)20-6-7-21-19(16-20)5-8-23(29)26-21/h3-4,6-7,15-16,25H,5,8-14H2,1-2H3,(H,26,29). The molecule has 9 heteroatoms. The third-order valence-corrected chi connectivity index (χ3v) is 7.71. The number of rotatable bonds is 6. The van der Waals surface area contributed by atoms with Crippen LogP contribution in [-0.4, -0.2) is 57.9 Å². The number of hydrogen-bond acceptors (Lipinski definition) is 5. The van der Waals surface area contributed by atoms with Crippen LogP contribution in [0.25, 0.3) is 0 Å². The summed E-state index contributed by atoms with van der Waals surface area (Å²) in [5, 5.41) is 2.74. The lowest BCUT2D eigenvalue weighted by Gasteiger charge is -2.37. The monoisotopic (exact) mass is 470 g/mol. The number of aryl methyl sites for hydroxylation is 3. The molecule has 0 aliphatic carbocycles. The van der Waals surface area contributed by atoms with E-state index in [1.165, 1.54) is 22.9 Å². The van der Waals surface area contributed by atoms with Gasteiger partial charge in [0.2, 0.25) is 21.8 Å². The van der Waals surface area contributed by atoms with E-state index in [9.17, 15) is 18.0 Å². The fourth-order valence-corrected chi connectivity index (χ4v) is 5.40. The third kappa shape index (κ3) is 5.36. The molecule has 0 bridgehead atoms. The molecule has 0 atom stereocenters. The number of amides is 2. The summed E-state index contributed by atoms with van der Waals surface area (Å²) in [7, 11) is -3.73. The number of anilines is 2. The van der Waals surface area contributed by atoms with Crippen LogP contribution in [0, 0.1) is 13.8 Å². The Morgan fingerprint density at radius 1 is 1.03 bits per heavy atom. The van der Waals surface area contributed by atoms with E-state index in [-0.39, 0.29) is 29.7 Å². The van der Waals surface area contributed by atoms with Gasteiger partial charge in [0.15, 0.2) is 0 Å². The number of benzene rings is 2. The van der Waals surface area contributed by atoms with Gasteiger partial charge in [0, 0.05) is 56.9 Å². The normalized spacial score (nSPS) is 16.4. The average molecular weight is 471 g/mol. The summed E-state index contributed by atoms with van der Waals surface area (Å²) in [6.45, 7) is 6.97. The molecule has 0 spiro atoms. The molecule has 0 unspecified atom stereocenters. The first kappa shape index (κ1) is 23.3. The molecular weight excluding hydrogens is 440 g/mol. The number of nitrogens with one attached hydrogen (secondary N) is 2. The van der Waals surface area contributed by atoms with E-state index in [0.29, 0.717) is 31.6 Å². The first-order chi connectivity index (χ1) is 15.7. The quantitative estimate of drug-likeness (QED) is 0.675. The fraction of sp³-hybridized carbons (Fsp3) is 0.417. The van der Waals surface area contributed by atoms with Crippen molar-refractivity contribution in [3.63, 3.8) is 0 Å². The maximum absolute atomic E-state index is 12.7. The molecular formula is C24H30N4O4S. The van der Waals surface area contributed by atoms with Crippen molar-refractivity contribution in [2.45, 2.75) is 38.0 Å². The highest BCUT2D eigenvalue weighted by atomic mass is 32.2. The van der Waals surface area contributed by atoms with Crippen molar-refractivity contribution in [3.05, 3.63) is 53.1 Å². The van der Waals surface area contributed by atoms with Gasteiger partial charge in [-0.1, -0.05) is 12.1 Å². The summed E-state index contributed by atoms with van der Waals surface area (Å²) in [5.74, 6) is -0.115. The van der Waals surface area contributed by atoms with Gasteiger partial charge >= 0.3 is 0 Å². The predicted octanol–water partition coefficient (Wildman–Crippen LogP) is 2.21. The third-order valence-electron chi connectivity index (χ3n) is 6.25. The van der Waals surface area contributed by atoms with Crippen LogP contribution in [0.5, 0.6) is 0 Å². The number of fused-ring (bicyclic) bond motifs is 1. The van der Waals surface area contributed by atoms with Crippen LogP contribution >= 0.6 is 0 Å². The molecule has 2 heterocycles. The topological polar surface area (TPSA) is 98.8 Å². The lowest BCUT2D eigenvalue weighted by atomic mass is 10.0. The number of nitrogens with zero attached hydrogens (tertiary/aromatic N) is 2. The Hall–Kier alpha value is -2.91. The van der Waals surface area contributed by atoms with Crippen molar-refractivity contribution in [2.75, 3.05) is 42.9 Å². The smallest absolute Gasteiger partial charge is 0.240 e. The highest BCUT2D eigenvalue weighted by Crippen LogP contribution is 2.26. The summed E-state index contributed by atoms with van der Waals surface area (Å²) in [4.78, 5) is 28.4. The number of piperazine rings is 1. The SMILES string of the molecule is Cc1ccc(C)c(N2CCN(C(=O)CCNS(=O)(=O)c3ccc4c(c3)CCC(=O)N4)CC2)c1. The van der Waals surface area contributed by atoms with E-state index in [1.807, 2.05) is 0 Å². The fourth-order valence-electron chi connectivity index (χ4n) is 4.32. The molecule has 2 N–H and O–H groups in total. The summed E-state index contributed by atoms with van der Waals surface area (Å²) in [5.41, 5.74) is 5.10. The zero-order valence-electron chi connectivity index (χ0n) is 19.1. The Balaban J connectivity index is 1.28. The zero-order valence-corrected chi connectivity index (χ0v) is 19.9. The summed E-state index contributed by atoms with van der Waals surface area (Å²) in [6, 6.07) is 11.1. The summed E-state index contributed by atoms with van der Waals surface area (Å²) in [6.07, 6.45) is 0.968. The Kier molecular flexibility index (Phi) is 6.71. The van der Waals surface area contributed by atoms with Crippen LogP contribution in [0.3, 0.4) is 0 Å². The number of sulfonamides is 1. The molecule has 8 nitrogen and oxygen atoms in total. The highest BCUT2D eigenvalue weighted by molar-refractivity contribution is 7.89. The van der Waals surface area contributed by atoms with E-state index in [1.54, 1.807) is 17.0 Å². The van der Waals surface area contributed by atoms with Crippen molar-refractivity contribution < 1.29 is 18.0 Å². The van der Waals surface area contributed by atoms with E-state index in [4.69, 9.17) is 0 Å². The lowest BCUT2D eigenvalue weighted by Crippen LogP contribution is -2.49. The lowest BCUT2D eigenvalue weighted by molar-refractivity contribution is -0.131. The molecule has 1 saturated heterocycles. The highest BCUT2D eigenvalue weighted by Gasteiger charge is 2.23. The molecule has 0 aromatic heterocycles. The number of hydrogen-bond donors (Lipinski definition) is 2. The van der Waals surface area contributed by atoms with Crippen molar-refractivity contribution >= 4 is 33.2 Å². The minimum absolute atomic E-state index is 0.0478. The summed E-state index contributed by atoms with van der Waals surface area (Å²) < 4.78 is 27.9. The Labute approximate surface area is 195 Å². The largest absolute Gasteiger partial charge is 0.368 e. The van der Waals surface area contributed by atoms with E-state index >= 15 is 0 Å². The van der Waals surface area contributed by atoms with E-state index in [2.05, 4.69) is 47.0 Å². The van der Waals surface area contributed by atoms with Crippen molar-refractivity contribution in [3.8, 4) is 0 Å². The second-order valence-electron chi connectivity index (χ2n) is 8.67. The number of carbonyl (C=O) groups excluding carboxylic acids is 2. The maximum atomic E-state index is 12.7. The van der Waals surface area contributed by atoms with Crippen LogP contribution in [0.1, 0.15) is 29.5 Å². The predicted molar refractivity (Wildman–Crippen MR) is 128 cm³/mol. The first-order valence-electron chi connectivity index (χ1n) is 11.3. The molecule has 4 rings (SSSR count). The maximum Gasteiger partial charge on any atom is 0.240 e. The van der Waals surface area contributed by atoms with E-state index in [0.717, 1.165) is 18.7 Å². The van der Waals surface area contributed by atoms with Crippen molar-refractivity contribution in [1.29, 1.82) is 0 Å². The average Bonchev–Trinajstić information content (AvgIpc) is 2.80. The van der Waals surface area contributed by atoms with Gasteiger partial charge in [0.25, 0.3) is 0 Å². The Morgan fingerprint density at radius 3 is 2.55 bits per heavy atom. The molecule has 1 fully saturated rings. The Morgan fingerprint density at radius 2 is 1.79 bits per heavy atom. The summed E-state index contributed by atoms with van der Waals surface area (Å²) >= 11 is 0. The molecule has 0 saturated carbocycles. The van der Waals surface area contributed by atoms with Crippen LogP contribution in [0.4, 0.5) is 11.4 Å². The second kappa shape index (κ2) is 9.52. The van der Waals surface area contributed by atoms with Gasteiger partial charge in [-0.25, -0.2) is 13.1 Å². The van der Waals surface area contributed by atoms with Crippen LogP contribution < -0.4 is 14.9 Å². The Bertz CT molecular complexity index is 1170. The van der Waals surface area contributed by atoms with Gasteiger partial charge in [0.05, 0.1) is 4.90 Å². The van der Waals surface area contributed by atoms with Crippen molar-refractivity contribution in [1.82, 2.24) is 9.62 Å². The minimum atomic E-state index is -3.73. The van der Waals surface area contributed by atoms with Gasteiger partial charge in [0.1, 0.15) is 0 Å². The minimum Gasteiger partial charge on any atom is -0.368 e. The second-order valence-corrected chi connectivity index (χ2v) is 10.4. The van der Waals surface area contributed by atoms with Gasteiger partial charge in [-0.2, -0.15) is 0 Å². The van der Waals surface area contributed by atoms with Gasteiger partial charge < -0.3 is 15.1 Å². The molecule has 2 aliphatic heterocycles. The molecule has 2 aliphatic rings. The van der Waals surface area contributed by atoms with Gasteiger partial charge in [-0.3, -0.25) is 9.59 Å². The van der Waals surface area contributed by atoms with Crippen LogP contribution in [-0.2, 0) is 26.0 Å². The first-order valence-corrected chi connectivity index (χ1v) is 12.7. The van der Waals surface area contributed by atoms with E-state index < -0.39 is 10.0 Å². The van der Waals surface area contributed by atoms with Crippen LogP contribution in [0.2, 0.25) is 0 Å². The molecule has 176 valence electrons. The molecule has 2 aromatic carbocycles. The number of carbonyl (C=O) groups is 2. The molecule has 2 amide bonds. The van der Waals surface area contributed by atoms with Gasteiger partial charge in [-0.05, 0) is 61.2 Å². The van der Waals surface area contributed by atoms with Crippen LogP contribution in [0.15, 0.2) is 41.3 Å². The molecule has 33 heavy (non-hydrogen) atoms. The van der Waals surface area contributed by atoms with Gasteiger partial charge in [-0.15, -0.1) is 0 Å².